The number of piperidine rings is 1. The van der Waals surface area contributed by atoms with Gasteiger partial charge in [-0.2, -0.15) is 0 Å². The number of amides is 1. The molecule has 4 nitrogen and oxygen atoms in total. The Kier molecular flexibility index (Phi) is 4.43. The van der Waals surface area contributed by atoms with E-state index >= 15 is 0 Å². The topological polar surface area (TPSA) is 52.6 Å². The first-order valence-electron chi connectivity index (χ1n) is 6.82. The largest absolute Gasteiger partial charge is 0.508 e. The summed E-state index contributed by atoms with van der Waals surface area (Å²) < 4.78 is 0. The van der Waals surface area contributed by atoms with Gasteiger partial charge in [0.05, 0.1) is 6.42 Å². The molecule has 0 aromatic heterocycles. The first-order valence-corrected chi connectivity index (χ1v) is 6.82. The van der Waals surface area contributed by atoms with Gasteiger partial charge in [-0.25, -0.2) is 0 Å². The van der Waals surface area contributed by atoms with Crippen molar-refractivity contribution in [3.63, 3.8) is 0 Å². The van der Waals surface area contributed by atoms with Crippen molar-refractivity contribution < 1.29 is 9.90 Å². The van der Waals surface area contributed by atoms with Crippen molar-refractivity contribution in [3.05, 3.63) is 29.8 Å². The van der Waals surface area contributed by atoms with Crippen LogP contribution in [0.3, 0.4) is 0 Å². The molecule has 1 aliphatic heterocycles. The van der Waals surface area contributed by atoms with Crippen molar-refractivity contribution in [2.75, 3.05) is 13.6 Å². The Hall–Kier alpha value is -1.55. The summed E-state index contributed by atoms with van der Waals surface area (Å²) in [6.45, 7) is 3.21. The van der Waals surface area contributed by atoms with Gasteiger partial charge in [-0.15, -0.1) is 0 Å². The molecule has 1 aromatic rings. The number of hydrogen-bond donors (Lipinski definition) is 2. The monoisotopic (exact) mass is 262 g/mol. The number of nitrogens with zero attached hydrogens (tertiary/aromatic N) is 1. The highest BCUT2D eigenvalue weighted by Crippen LogP contribution is 2.16. The third-order valence-electron chi connectivity index (χ3n) is 3.85. The molecule has 1 aromatic carbocycles. The fraction of sp³-hybridized carbons (Fsp3) is 0.533. The third-order valence-corrected chi connectivity index (χ3v) is 3.85. The standard InChI is InChI=1S/C15H22N2O2/c1-11-8-13(6-7-17(11)2)16-15(19)10-12-4-3-5-14(18)9-12/h3-5,9,11,13,18H,6-8,10H2,1-2H3,(H,16,19). The molecular weight excluding hydrogens is 240 g/mol. The zero-order valence-corrected chi connectivity index (χ0v) is 11.6. The van der Waals surface area contributed by atoms with Gasteiger partial charge in [0.15, 0.2) is 0 Å². The number of phenols is 1. The van der Waals surface area contributed by atoms with E-state index in [1.165, 1.54) is 0 Å². The van der Waals surface area contributed by atoms with Gasteiger partial charge < -0.3 is 15.3 Å². The number of hydrogen-bond acceptors (Lipinski definition) is 3. The molecular formula is C15H22N2O2. The highest BCUT2D eigenvalue weighted by atomic mass is 16.3. The van der Waals surface area contributed by atoms with Crippen LogP contribution in [-0.4, -0.2) is 41.6 Å². The minimum atomic E-state index is 0.0346. The highest BCUT2D eigenvalue weighted by molar-refractivity contribution is 5.79. The Morgan fingerprint density at radius 1 is 1.53 bits per heavy atom. The van der Waals surface area contributed by atoms with E-state index in [4.69, 9.17) is 0 Å². The summed E-state index contributed by atoms with van der Waals surface area (Å²) in [4.78, 5) is 14.3. The molecule has 2 N–H and O–H groups in total. The van der Waals surface area contributed by atoms with Crippen LogP contribution in [0, 0.1) is 0 Å². The van der Waals surface area contributed by atoms with Crippen LogP contribution in [0.15, 0.2) is 24.3 Å². The van der Waals surface area contributed by atoms with E-state index in [0.717, 1.165) is 24.9 Å². The van der Waals surface area contributed by atoms with Gasteiger partial charge >= 0.3 is 0 Å². The molecule has 0 radical (unpaired) electrons. The molecule has 2 rings (SSSR count). The van der Waals surface area contributed by atoms with Gasteiger partial charge in [0, 0.05) is 18.6 Å². The number of aromatic hydroxyl groups is 1. The van der Waals surface area contributed by atoms with E-state index in [0.29, 0.717) is 12.5 Å². The van der Waals surface area contributed by atoms with Gasteiger partial charge in [-0.1, -0.05) is 12.1 Å². The lowest BCUT2D eigenvalue weighted by atomic mass is 9.98. The molecule has 0 aliphatic carbocycles. The van der Waals surface area contributed by atoms with Crippen molar-refractivity contribution in [1.29, 1.82) is 0 Å². The normalized spacial score (nSPS) is 24.1. The van der Waals surface area contributed by atoms with Crippen molar-refractivity contribution in [2.24, 2.45) is 0 Å². The Labute approximate surface area is 114 Å². The quantitative estimate of drug-likeness (QED) is 0.868. The number of phenolic OH excluding ortho intramolecular Hbond substituents is 1. The second-order valence-electron chi connectivity index (χ2n) is 5.47. The summed E-state index contributed by atoms with van der Waals surface area (Å²) in [5.41, 5.74) is 0.846. The Morgan fingerprint density at radius 3 is 3.00 bits per heavy atom. The molecule has 4 heteroatoms. The smallest absolute Gasteiger partial charge is 0.224 e. The van der Waals surface area contributed by atoms with Crippen LogP contribution in [0.5, 0.6) is 5.75 Å². The zero-order valence-electron chi connectivity index (χ0n) is 11.6. The summed E-state index contributed by atoms with van der Waals surface area (Å²) in [5.74, 6) is 0.241. The van der Waals surface area contributed by atoms with Gasteiger partial charge in [0.25, 0.3) is 0 Å². The second-order valence-corrected chi connectivity index (χ2v) is 5.47. The second kappa shape index (κ2) is 6.06. The minimum absolute atomic E-state index is 0.0346. The van der Waals surface area contributed by atoms with E-state index in [1.54, 1.807) is 18.2 Å². The van der Waals surface area contributed by atoms with Crippen LogP contribution in [0.1, 0.15) is 25.3 Å². The van der Waals surface area contributed by atoms with E-state index in [1.807, 2.05) is 6.07 Å². The van der Waals surface area contributed by atoms with Crippen LogP contribution in [0.2, 0.25) is 0 Å². The van der Waals surface area contributed by atoms with Crippen molar-refractivity contribution in [2.45, 2.75) is 38.3 Å². The molecule has 2 unspecified atom stereocenters. The highest BCUT2D eigenvalue weighted by Gasteiger charge is 2.23. The summed E-state index contributed by atoms with van der Waals surface area (Å²) in [5, 5.41) is 12.5. The van der Waals surface area contributed by atoms with E-state index in [-0.39, 0.29) is 17.7 Å². The molecule has 1 amide bonds. The number of carbonyl (C=O) groups is 1. The van der Waals surface area contributed by atoms with Crippen LogP contribution in [0.25, 0.3) is 0 Å². The van der Waals surface area contributed by atoms with Crippen LogP contribution in [-0.2, 0) is 11.2 Å². The minimum Gasteiger partial charge on any atom is -0.508 e. The first-order chi connectivity index (χ1) is 9.04. The van der Waals surface area contributed by atoms with Crippen molar-refractivity contribution in [3.8, 4) is 5.75 Å². The van der Waals surface area contributed by atoms with Gasteiger partial charge in [0.1, 0.15) is 5.75 Å². The fourth-order valence-corrected chi connectivity index (χ4v) is 2.55. The molecule has 0 bridgehead atoms. The Bertz CT molecular complexity index is 448. The Morgan fingerprint density at radius 2 is 2.32 bits per heavy atom. The average Bonchev–Trinajstić information content (AvgIpc) is 2.34. The predicted molar refractivity (Wildman–Crippen MR) is 75.1 cm³/mol. The lowest BCUT2D eigenvalue weighted by Gasteiger charge is -2.35. The molecule has 0 saturated carbocycles. The molecule has 1 heterocycles. The zero-order chi connectivity index (χ0) is 13.8. The SMILES string of the molecule is CC1CC(NC(=O)Cc2cccc(O)c2)CCN1C. The number of rotatable bonds is 3. The Balaban J connectivity index is 1.85. The fourth-order valence-electron chi connectivity index (χ4n) is 2.55. The van der Waals surface area contributed by atoms with Crippen LogP contribution < -0.4 is 5.32 Å². The van der Waals surface area contributed by atoms with Crippen LogP contribution >= 0.6 is 0 Å². The molecule has 2 atom stereocenters. The van der Waals surface area contributed by atoms with E-state index in [2.05, 4.69) is 24.2 Å². The first kappa shape index (κ1) is 13.9. The lowest BCUT2D eigenvalue weighted by molar-refractivity contribution is -0.121. The molecule has 1 fully saturated rings. The maximum Gasteiger partial charge on any atom is 0.224 e. The summed E-state index contributed by atoms with van der Waals surface area (Å²) in [7, 11) is 2.12. The van der Waals surface area contributed by atoms with Crippen molar-refractivity contribution >= 4 is 5.91 Å². The maximum atomic E-state index is 12.0. The summed E-state index contributed by atoms with van der Waals surface area (Å²) in [6.07, 6.45) is 2.34. The molecule has 1 saturated heterocycles. The van der Waals surface area contributed by atoms with Gasteiger partial charge in [0.2, 0.25) is 5.91 Å². The number of nitrogens with one attached hydrogen (secondary N) is 1. The number of likely N-dealkylation sites (tertiary alicyclic amines) is 1. The van der Waals surface area contributed by atoms with E-state index < -0.39 is 0 Å². The summed E-state index contributed by atoms with van der Waals surface area (Å²) >= 11 is 0. The van der Waals surface area contributed by atoms with Gasteiger partial charge in [-0.3, -0.25) is 4.79 Å². The number of carbonyl (C=O) groups excluding carboxylic acids is 1. The average molecular weight is 262 g/mol. The predicted octanol–water partition coefficient (Wildman–Crippen LogP) is 1.53. The molecule has 1 aliphatic rings. The molecule has 104 valence electrons. The third kappa shape index (κ3) is 3.96. The maximum absolute atomic E-state index is 12.0. The van der Waals surface area contributed by atoms with Gasteiger partial charge in [-0.05, 0) is 44.5 Å². The lowest BCUT2D eigenvalue weighted by Crippen LogP contribution is -2.47. The van der Waals surface area contributed by atoms with Crippen LogP contribution in [0.4, 0.5) is 0 Å². The van der Waals surface area contributed by atoms with Crippen molar-refractivity contribution in [1.82, 2.24) is 10.2 Å². The molecule has 0 spiro atoms. The summed E-state index contributed by atoms with van der Waals surface area (Å²) in [6, 6.07) is 7.65. The number of benzene rings is 1. The van der Waals surface area contributed by atoms with E-state index in [9.17, 15) is 9.90 Å². The molecule has 19 heavy (non-hydrogen) atoms.